The Morgan fingerprint density at radius 3 is 2.47 bits per heavy atom. The normalized spacial score (nSPS) is 22.0. The Balaban J connectivity index is 1.79. The number of hydrogen-bond donors (Lipinski definition) is 1. The van der Waals surface area contributed by atoms with Crippen LogP contribution in [0, 0.1) is 5.92 Å². The fourth-order valence-corrected chi connectivity index (χ4v) is 2.62. The Kier molecular flexibility index (Phi) is 5.05. The van der Waals surface area contributed by atoms with Crippen LogP contribution in [0.25, 0.3) is 0 Å². The van der Waals surface area contributed by atoms with Crippen molar-refractivity contribution in [3.63, 3.8) is 0 Å². The molecular weight excluding hydrogens is 242 g/mol. The molecule has 0 bridgehead atoms. The first kappa shape index (κ1) is 14.2. The van der Waals surface area contributed by atoms with Crippen LogP contribution in [0.4, 0.5) is 0 Å². The summed E-state index contributed by atoms with van der Waals surface area (Å²) in [6.07, 6.45) is 5.55. The zero-order valence-electron chi connectivity index (χ0n) is 12.0. The molecule has 5 nitrogen and oxygen atoms in total. The number of nitrogens with one attached hydrogen (secondary N) is 1. The van der Waals surface area contributed by atoms with Crippen molar-refractivity contribution in [2.24, 2.45) is 10.9 Å². The Bertz CT molecular complexity index is 332. The third-order valence-corrected chi connectivity index (χ3v) is 4.06. The van der Waals surface area contributed by atoms with Crippen molar-refractivity contribution in [2.45, 2.75) is 45.1 Å². The van der Waals surface area contributed by atoms with E-state index in [1.54, 1.807) is 0 Å². The SMILES string of the molecule is CCOC(=O)C1CCN(C(=NC)NC2CCC2)CC1. The first-order valence-corrected chi connectivity index (χ1v) is 7.39. The van der Waals surface area contributed by atoms with E-state index in [0.29, 0.717) is 12.6 Å². The lowest BCUT2D eigenvalue weighted by molar-refractivity contribution is -0.149. The maximum Gasteiger partial charge on any atom is 0.309 e. The smallest absolute Gasteiger partial charge is 0.309 e. The van der Waals surface area contributed by atoms with Gasteiger partial charge in [-0.05, 0) is 39.0 Å². The van der Waals surface area contributed by atoms with Gasteiger partial charge in [0, 0.05) is 26.2 Å². The molecule has 0 aromatic carbocycles. The van der Waals surface area contributed by atoms with Gasteiger partial charge in [-0.15, -0.1) is 0 Å². The number of carbonyl (C=O) groups excluding carboxylic acids is 1. The van der Waals surface area contributed by atoms with Gasteiger partial charge < -0.3 is 15.0 Å². The summed E-state index contributed by atoms with van der Waals surface area (Å²) < 4.78 is 5.09. The van der Waals surface area contributed by atoms with Crippen LogP contribution >= 0.6 is 0 Å². The molecule has 1 N–H and O–H groups in total. The zero-order valence-corrected chi connectivity index (χ0v) is 12.0. The summed E-state index contributed by atoms with van der Waals surface area (Å²) in [5.41, 5.74) is 0. The van der Waals surface area contributed by atoms with Gasteiger partial charge in [0.25, 0.3) is 0 Å². The highest BCUT2D eigenvalue weighted by molar-refractivity contribution is 5.81. The average molecular weight is 267 g/mol. The van der Waals surface area contributed by atoms with Gasteiger partial charge in [0.05, 0.1) is 12.5 Å². The number of aliphatic imine (C=N–C) groups is 1. The molecule has 0 aromatic rings. The van der Waals surface area contributed by atoms with Gasteiger partial charge in [-0.1, -0.05) is 0 Å². The summed E-state index contributed by atoms with van der Waals surface area (Å²) in [4.78, 5) is 18.3. The summed E-state index contributed by atoms with van der Waals surface area (Å²) in [6.45, 7) is 4.10. The standard InChI is InChI=1S/C14H25N3O2/c1-3-19-13(18)11-7-9-17(10-8-11)14(15-2)16-12-5-4-6-12/h11-12H,3-10H2,1-2H3,(H,15,16). The lowest BCUT2D eigenvalue weighted by Gasteiger charge is -2.36. The van der Waals surface area contributed by atoms with Crippen molar-refractivity contribution in [2.75, 3.05) is 26.7 Å². The maximum absolute atomic E-state index is 11.7. The molecule has 0 atom stereocenters. The molecule has 1 saturated carbocycles. The number of ether oxygens (including phenoxy) is 1. The number of esters is 1. The molecule has 1 saturated heterocycles. The second-order valence-electron chi connectivity index (χ2n) is 5.33. The fraction of sp³-hybridized carbons (Fsp3) is 0.857. The molecule has 108 valence electrons. The van der Waals surface area contributed by atoms with E-state index in [9.17, 15) is 4.79 Å². The maximum atomic E-state index is 11.7. The van der Waals surface area contributed by atoms with Crippen LogP contribution in [0.2, 0.25) is 0 Å². The predicted molar refractivity (Wildman–Crippen MR) is 75.1 cm³/mol. The van der Waals surface area contributed by atoms with Crippen LogP contribution in [0.3, 0.4) is 0 Å². The molecule has 0 radical (unpaired) electrons. The Hall–Kier alpha value is -1.26. The molecule has 5 heteroatoms. The van der Waals surface area contributed by atoms with E-state index in [1.165, 1.54) is 19.3 Å². The monoisotopic (exact) mass is 267 g/mol. The highest BCUT2D eigenvalue weighted by atomic mass is 16.5. The number of nitrogens with zero attached hydrogens (tertiary/aromatic N) is 2. The summed E-state index contributed by atoms with van der Waals surface area (Å²) in [5, 5.41) is 3.50. The van der Waals surface area contributed by atoms with E-state index >= 15 is 0 Å². The van der Waals surface area contributed by atoms with E-state index < -0.39 is 0 Å². The average Bonchev–Trinajstić information content (AvgIpc) is 2.38. The Morgan fingerprint density at radius 2 is 2.00 bits per heavy atom. The number of piperidine rings is 1. The van der Waals surface area contributed by atoms with Crippen molar-refractivity contribution >= 4 is 11.9 Å². The lowest BCUT2D eigenvalue weighted by atomic mass is 9.93. The van der Waals surface area contributed by atoms with E-state index in [1.807, 2.05) is 14.0 Å². The molecule has 19 heavy (non-hydrogen) atoms. The molecule has 1 heterocycles. The molecule has 1 aliphatic heterocycles. The number of hydrogen-bond acceptors (Lipinski definition) is 3. The second kappa shape index (κ2) is 6.78. The number of guanidine groups is 1. The third kappa shape index (κ3) is 3.61. The predicted octanol–water partition coefficient (Wildman–Crippen LogP) is 1.39. The van der Waals surface area contributed by atoms with Crippen molar-refractivity contribution < 1.29 is 9.53 Å². The van der Waals surface area contributed by atoms with E-state index in [4.69, 9.17) is 4.74 Å². The molecule has 2 aliphatic rings. The van der Waals surface area contributed by atoms with Crippen LogP contribution in [0.5, 0.6) is 0 Å². The van der Waals surface area contributed by atoms with Crippen molar-refractivity contribution in [1.29, 1.82) is 0 Å². The van der Waals surface area contributed by atoms with Gasteiger partial charge in [0.1, 0.15) is 0 Å². The highest BCUT2D eigenvalue weighted by Gasteiger charge is 2.28. The van der Waals surface area contributed by atoms with E-state index in [0.717, 1.165) is 31.9 Å². The summed E-state index contributed by atoms with van der Waals surface area (Å²) in [7, 11) is 1.83. The van der Waals surface area contributed by atoms with Gasteiger partial charge in [0.15, 0.2) is 5.96 Å². The van der Waals surface area contributed by atoms with E-state index in [2.05, 4.69) is 15.2 Å². The van der Waals surface area contributed by atoms with Crippen molar-refractivity contribution in [1.82, 2.24) is 10.2 Å². The number of carbonyl (C=O) groups is 1. The largest absolute Gasteiger partial charge is 0.466 e. The highest BCUT2D eigenvalue weighted by Crippen LogP contribution is 2.21. The lowest BCUT2D eigenvalue weighted by Crippen LogP contribution is -2.51. The molecule has 0 unspecified atom stereocenters. The molecular formula is C14H25N3O2. The van der Waals surface area contributed by atoms with Gasteiger partial charge in [-0.3, -0.25) is 9.79 Å². The van der Waals surface area contributed by atoms with Gasteiger partial charge in [-0.2, -0.15) is 0 Å². The van der Waals surface area contributed by atoms with Gasteiger partial charge in [-0.25, -0.2) is 0 Å². The molecule has 0 spiro atoms. The summed E-state index contributed by atoms with van der Waals surface area (Å²) in [6, 6.07) is 0.599. The minimum atomic E-state index is -0.0379. The van der Waals surface area contributed by atoms with Crippen LogP contribution in [0.1, 0.15) is 39.0 Å². The van der Waals surface area contributed by atoms with Crippen LogP contribution < -0.4 is 5.32 Å². The second-order valence-corrected chi connectivity index (χ2v) is 5.33. The molecule has 2 fully saturated rings. The van der Waals surface area contributed by atoms with E-state index in [-0.39, 0.29) is 11.9 Å². The molecule has 2 rings (SSSR count). The molecule has 0 amide bonds. The van der Waals surface area contributed by atoms with Gasteiger partial charge >= 0.3 is 5.97 Å². The Labute approximate surface area is 115 Å². The first-order valence-electron chi connectivity index (χ1n) is 7.39. The number of rotatable bonds is 3. The van der Waals surface area contributed by atoms with Crippen LogP contribution in [0.15, 0.2) is 4.99 Å². The van der Waals surface area contributed by atoms with Crippen molar-refractivity contribution in [3.8, 4) is 0 Å². The fourth-order valence-electron chi connectivity index (χ4n) is 2.62. The number of likely N-dealkylation sites (tertiary alicyclic amines) is 1. The quantitative estimate of drug-likeness (QED) is 0.477. The van der Waals surface area contributed by atoms with Gasteiger partial charge in [0.2, 0.25) is 0 Å². The van der Waals surface area contributed by atoms with Crippen molar-refractivity contribution in [3.05, 3.63) is 0 Å². The zero-order chi connectivity index (χ0) is 13.7. The minimum Gasteiger partial charge on any atom is -0.466 e. The third-order valence-electron chi connectivity index (χ3n) is 4.06. The molecule has 0 aromatic heterocycles. The first-order chi connectivity index (χ1) is 9.24. The van der Waals surface area contributed by atoms with Crippen LogP contribution in [-0.4, -0.2) is 49.6 Å². The molecule has 1 aliphatic carbocycles. The minimum absolute atomic E-state index is 0.0379. The van der Waals surface area contributed by atoms with Crippen LogP contribution in [-0.2, 0) is 9.53 Å². The summed E-state index contributed by atoms with van der Waals surface area (Å²) in [5.74, 6) is 1.02. The topological polar surface area (TPSA) is 53.9 Å². The summed E-state index contributed by atoms with van der Waals surface area (Å²) >= 11 is 0. The Morgan fingerprint density at radius 1 is 1.32 bits per heavy atom.